The minimum absolute atomic E-state index is 0.218. The topological polar surface area (TPSA) is 37.9 Å². The molecule has 2 aromatic rings. The fraction of sp³-hybridized carbons (Fsp3) is 0.462. The van der Waals surface area contributed by atoms with Crippen LogP contribution >= 0.6 is 0 Å². The summed E-state index contributed by atoms with van der Waals surface area (Å²) in [5, 5.41) is 0.218. The molecule has 1 heterocycles. The predicted octanol–water partition coefficient (Wildman–Crippen LogP) is 3.95. The van der Waals surface area contributed by atoms with Crippen LogP contribution in [0.2, 0.25) is 18.1 Å². The Morgan fingerprint density at radius 2 is 1.94 bits per heavy atom. The fourth-order valence-corrected chi connectivity index (χ4v) is 2.45. The van der Waals surface area contributed by atoms with E-state index in [-0.39, 0.29) is 5.04 Å². The van der Waals surface area contributed by atoms with Gasteiger partial charge < -0.3 is 9.41 Å². The molecule has 0 bridgehead atoms. The Balaban J connectivity index is 2.29. The molecule has 17 heavy (non-hydrogen) atoms. The van der Waals surface area contributed by atoms with Gasteiger partial charge in [-0.3, -0.25) is 0 Å². The molecule has 0 saturated carbocycles. The van der Waals surface area contributed by atoms with E-state index in [4.69, 9.17) is 4.43 Å². The highest BCUT2D eigenvalue weighted by atomic mass is 28.4. The van der Waals surface area contributed by atoms with Crippen molar-refractivity contribution in [2.24, 2.45) is 0 Å². The van der Waals surface area contributed by atoms with E-state index in [2.05, 4.69) is 43.8 Å². The van der Waals surface area contributed by atoms with Crippen LogP contribution < -0.4 is 4.43 Å². The monoisotopic (exact) mass is 248 g/mol. The first kappa shape index (κ1) is 12.2. The Kier molecular flexibility index (Phi) is 2.77. The Hall–Kier alpha value is -1.29. The number of rotatable bonds is 2. The largest absolute Gasteiger partial charge is 0.543 e. The van der Waals surface area contributed by atoms with Crippen molar-refractivity contribution in [2.45, 2.75) is 38.9 Å². The molecule has 0 amide bonds. The third-order valence-electron chi connectivity index (χ3n) is 3.57. The summed E-state index contributed by atoms with van der Waals surface area (Å²) in [5.74, 6) is 0.938. The van der Waals surface area contributed by atoms with Gasteiger partial charge in [-0.15, -0.1) is 0 Å². The van der Waals surface area contributed by atoms with Crippen molar-refractivity contribution in [2.75, 3.05) is 0 Å². The molecule has 3 nitrogen and oxygen atoms in total. The number of aromatic nitrogens is 2. The number of nitrogens with zero attached hydrogens (tertiary/aromatic N) is 1. The molecule has 92 valence electrons. The first-order chi connectivity index (χ1) is 7.79. The highest BCUT2D eigenvalue weighted by molar-refractivity contribution is 6.74. The highest BCUT2D eigenvalue weighted by Crippen LogP contribution is 2.37. The lowest BCUT2D eigenvalue weighted by atomic mass is 10.2. The standard InChI is InChI=1S/C13H20N2OSi/c1-13(2,3)17(4,5)16-10-6-7-11-12(8-10)15-9-14-11/h6-9H,1-5H3,(H,14,15). The van der Waals surface area contributed by atoms with Crippen LogP contribution in [0.1, 0.15) is 20.8 Å². The van der Waals surface area contributed by atoms with Crippen molar-refractivity contribution < 1.29 is 4.43 Å². The highest BCUT2D eigenvalue weighted by Gasteiger charge is 2.38. The van der Waals surface area contributed by atoms with E-state index < -0.39 is 8.32 Å². The molecular weight excluding hydrogens is 228 g/mol. The SMILES string of the molecule is CC(C)(C)[Si](C)(C)Oc1ccc2nc[nH]c2c1. The van der Waals surface area contributed by atoms with Gasteiger partial charge in [-0.2, -0.15) is 0 Å². The Labute approximate surface area is 103 Å². The van der Waals surface area contributed by atoms with Crippen LogP contribution in [0, 0.1) is 0 Å². The second-order valence-electron chi connectivity index (χ2n) is 5.94. The molecule has 0 spiro atoms. The van der Waals surface area contributed by atoms with E-state index in [1.165, 1.54) is 0 Å². The third kappa shape index (κ3) is 2.36. The summed E-state index contributed by atoms with van der Waals surface area (Å²) in [7, 11) is -1.75. The summed E-state index contributed by atoms with van der Waals surface area (Å²) in [4.78, 5) is 7.31. The first-order valence-electron chi connectivity index (χ1n) is 5.92. The molecule has 0 saturated heterocycles. The lowest BCUT2D eigenvalue weighted by Gasteiger charge is -2.36. The van der Waals surface area contributed by atoms with Crippen LogP contribution in [0.5, 0.6) is 5.75 Å². The van der Waals surface area contributed by atoms with Crippen molar-refractivity contribution in [3.05, 3.63) is 24.5 Å². The molecule has 1 aromatic heterocycles. The summed E-state index contributed by atoms with van der Waals surface area (Å²) in [6.45, 7) is 11.2. The second-order valence-corrected chi connectivity index (χ2v) is 10.7. The van der Waals surface area contributed by atoms with Gasteiger partial charge in [-0.05, 0) is 30.3 Å². The minimum atomic E-state index is -1.75. The maximum absolute atomic E-state index is 6.23. The van der Waals surface area contributed by atoms with Gasteiger partial charge in [0.05, 0.1) is 17.4 Å². The molecule has 0 aliphatic carbocycles. The predicted molar refractivity (Wildman–Crippen MR) is 73.9 cm³/mol. The number of imidazole rings is 1. The summed E-state index contributed by atoms with van der Waals surface area (Å²) in [6.07, 6.45) is 1.71. The van der Waals surface area contributed by atoms with Gasteiger partial charge >= 0.3 is 0 Å². The van der Waals surface area contributed by atoms with Gasteiger partial charge in [-0.1, -0.05) is 20.8 Å². The van der Waals surface area contributed by atoms with Gasteiger partial charge in [0.25, 0.3) is 0 Å². The molecule has 0 unspecified atom stereocenters. The quantitative estimate of drug-likeness (QED) is 0.817. The smallest absolute Gasteiger partial charge is 0.250 e. The summed E-state index contributed by atoms with van der Waals surface area (Å²) >= 11 is 0. The zero-order valence-corrected chi connectivity index (χ0v) is 12.2. The molecule has 0 fully saturated rings. The minimum Gasteiger partial charge on any atom is -0.543 e. The van der Waals surface area contributed by atoms with Gasteiger partial charge in [0.1, 0.15) is 5.75 Å². The average Bonchev–Trinajstić information content (AvgIpc) is 2.62. The number of aromatic amines is 1. The number of benzene rings is 1. The van der Waals surface area contributed by atoms with E-state index in [9.17, 15) is 0 Å². The molecule has 0 radical (unpaired) electrons. The van der Waals surface area contributed by atoms with Crippen LogP contribution in [-0.2, 0) is 0 Å². The summed E-state index contributed by atoms with van der Waals surface area (Å²) in [5.41, 5.74) is 2.01. The fourth-order valence-electron chi connectivity index (χ4n) is 1.43. The van der Waals surface area contributed by atoms with Gasteiger partial charge in [0.2, 0.25) is 8.32 Å². The number of H-pyrrole nitrogens is 1. The van der Waals surface area contributed by atoms with Crippen LogP contribution in [0.25, 0.3) is 11.0 Å². The Bertz CT molecular complexity index is 525. The van der Waals surface area contributed by atoms with E-state index in [0.717, 1.165) is 16.8 Å². The number of nitrogens with one attached hydrogen (secondary N) is 1. The molecule has 0 aliphatic rings. The zero-order valence-electron chi connectivity index (χ0n) is 11.2. The van der Waals surface area contributed by atoms with Crippen molar-refractivity contribution in [1.29, 1.82) is 0 Å². The number of fused-ring (bicyclic) bond motifs is 1. The van der Waals surface area contributed by atoms with Gasteiger partial charge in [0.15, 0.2) is 0 Å². The van der Waals surface area contributed by atoms with Gasteiger partial charge in [0, 0.05) is 6.07 Å². The lowest BCUT2D eigenvalue weighted by Crippen LogP contribution is -2.43. The Morgan fingerprint density at radius 1 is 1.24 bits per heavy atom. The molecular formula is C13H20N2OSi. The summed E-state index contributed by atoms with van der Waals surface area (Å²) < 4.78 is 6.23. The van der Waals surface area contributed by atoms with Crippen LogP contribution in [0.4, 0.5) is 0 Å². The van der Waals surface area contributed by atoms with Crippen LogP contribution in [-0.4, -0.2) is 18.3 Å². The van der Waals surface area contributed by atoms with Crippen molar-refractivity contribution in [1.82, 2.24) is 9.97 Å². The molecule has 1 N–H and O–H groups in total. The third-order valence-corrected chi connectivity index (χ3v) is 7.93. The first-order valence-corrected chi connectivity index (χ1v) is 8.83. The number of hydrogen-bond donors (Lipinski definition) is 1. The van der Waals surface area contributed by atoms with Crippen LogP contribution in [0.15, 0.2) is 24.5 Å². The van der Waals surface area contributed by atoms with Crippen molar-refractivity contribution in [3.63, 3.8) is 0 Å². The van der Waals surface area contributed by atoms with Crippen molar-refractivity contribution in [3.8, 4) is 5.75 Å². The second kappa shape index (κ2) is 3.87. The maximum atomic E-state index is 6.23. The van der Waals surface area contributed by atoms with Gasteiger partial charge in [-0.25, -0.2) is 4.98 Å². The normalized spacial score (nSPS) is 13.0. The molecule has 4 heteroatoms. The molecule has 0 aliphatic heterocycles. The maximum Gasteiger partial charge on any atom is 0.250 e. The van der Waals surface area contributed by atoms with E-state index >= 15 is 0 Å². The van der Waals surface area contributed by atoms with Crippen molar-refractivity contribution >= 4 is 19.4 Å². The molecule has 1 aromatic carbocycles. The average molecular weight is 248 g/mol. The van der Waals surface area contributed by atoms with E-state index in [1.54, 1.807) is 6.33 Å². The van der Waals surface area contributed by atoms with E-state index in [0.29, 0.717) is 0 Å². The summed E-state index contributed by atoms with van der Waals surface area (Å²) in [6, 6.07) is 6.03. The molecule has 2 rings (SSSR count). The number of hydrogen-bond acceptors (Lipinski definition) is 2. The Morgan fingerprint density at radius 3 is 2.59 bits per heavy atom. The van der Waals surface area contributed by atoms with Crippen LogP contribution in [0.3, 0.4) is 0 Å². The zero-order chi connectivity index (χ0) is 12.7. The van der Waals surface area contributed by atoms with E-state index in [1.807, 2.05) is 18.2 Å². The lowest BCUT2D eigenvalue weighted by molar-refractivity contribution is 0.493. The molecule has 0 atom stereocenters.